The standard InChI is InChI=1S/C10H13NO4/c1-6-7(2)10(15-4)8(11(12)13)5-9(6)14-3/h5H,1-4H3. The minimum atomic E-state index is -0.478. The molecule has 0 fully saturated rings. The summed E-state index contributed by atoms with van der Waals surface area (Å²) >= 11 is 0. The van der Waals surface area contributed by atoms with Crippen molar-refractivity contribution in [3.8, 4) is 11.5 Å². The van der Waals surface area contributed by atoms with Crippen LogP contribution in [0.4, 0.5) is 5.69 Å². The topological polar surface area (TPSA) is 61.6 Å². The summed E-state index contributed by atoms with van der Waals surface area (Å²) in [5, 5.41) is 10.8. The second-order valence-electron chi connectivity index (χ2n) is 3.14. The molecule has 0 aliphatic heterocycles. The summed E-state index contributed by atoms with van der Waals surface area (Å²) in [6, 6.07) is 1.38. The first-order valence-corrected chi connectivity index (χ1v) is 4.39. The number of nitrogens with zero attached hydrogens (tertiary/aromatic N) is 1. The first-order chi connectivity index (χ1) is 7.02. The lowest BCUT2D eigenvalue weighted by Gasteiger charge is -2.11. The van der Waals surface area contributed by atoms with Crippen molar-refractivity contribution < 1.29 is 14.4 Å². The molecular weight excluding hydrogens is 198 g/mol. The van der Waals surface area contributed by atoms with Gasteiger partial charge in [-0.25, -0.2) is 0 Å². The number of methoxy groups -OCH3 is 2. The summed E-state index contributed by atoms with van der Waals surface area (Å²) in [7, 11) is 2.90. The van der Waals surface area contributed by atoms with E-state index < -0.39 is 4.92 Å². The van der Waals surface area contributed by atoms with Crippen molar-refractivity contribution in [2.45, 2.75) is 13.8 Å². The molecule has 5 nitrogen and oxygen atoms in total. The zero-order valence-corrected chi connectivity index (χ0v) is 9.16. The van der Waals surface area contributed by atoms with E-state index in [1.807, 2.05) is 6.92 Å². The number of hydrogen-bond donors (Lipinski definition) is 0. The third-order valence-corrected chi connectivity index (χ3v) is 2.39. The number of benzene rings is 1. The van der Waals surface area contributed by atoms with Crippen molar-refractivity contribution >= 4 is 5.69 Å². The SMILES string of the molecule is COc1cc([N+](=O)[O-])c(OC)c(C)c1C. The van der Waals surface area contributed by atoms with Crippen LogP contribution in [0, 0.1) is 24.0 Å². The second kappa shape index (κ2) is 4.16. The van der Waals surface area contributed by atoms with Crippen LogP contribution in [0.2, 0.25) is 0 Å². The molecule has 0 bridgehead atoms. The number of hydrogen-bond acceptors (Lipinski definition) is 4. The van der Waals surface area contributed by atoms with Crippen molar-refractivity contribution in [2.24, 2.45) is 0 Å². The summed E-state index contributed by atoms with van der Waals surface area (Å²) < 4.78 is 10.1. The van der Waals surface area contributed by atoms with Crippen LogP contribution in [0.25, 0.3) is 0 Å². The molecule has 5 heteroatoms. The molecule has 1 aromatic rings. The Morgan fingerprint density at radius 3 is 2.20 bits per heavy atom. The van der Waals surface area contributed by atoms with E-state index in [0.717, 1.165) is 11.1 Å². The van der Waals surface area contributed by atoms with Gasteiger partial charge in [0, 0.05) is 5.56 Å². The predicted molar refractivity (Wildman–Crippen MR) is 55.7 cm³/mol. The fraction of sp³-hybridized carbons (Fsp3) is 0.400. The lowest BCUT2D eigenvalue weighted by molar-refractivity contribution is -0.385. The van der Waals surface area contributed by atoms with Gasteiger partial charge in [0.2, 0.25) is 0 Å². The summed E-state index contributed by atoms with van der Waals surface area (Å²) in [6.45, 7) is 3.60. The molecular formula is C10H13NO4. The van der Waals surface area contributed by atoms with Crippen molar-refractivity contribution in [1.82, 2.24) is 0 Å². The number of nitro groups is 1. The lowest BCUT2D eigenvalue weighted by Crippen LogP contribution is -2.00. The van der Waals surface area contributed by atoms with Gasteiger partial charge >= 0.3 is 5.69 Å². The normalized spacial score (nSPS) is 9.87. The maximum atomic E-state index is 10.8. The van der Waals surface area contributed by atoms with E-state index in [1.54, 1.807) is 6.92 Å². The van der Waals surface area contributed by atoms with Gasteiger partial charge in [0.15, 0.2) is 5.75 Å². The highest BCUT2D eigenvalue weighted by atomic mass is 16.6. The maximum Gasteiger partial charge on any atom is 0.314 e. The average Bonchev–Trinajstić information content (AvgIpc) is 2.21. The van der Waals surface area contributed by atoms with Crippen LogP contribution in [0.5, 0.6) is 11.5 Å². The molecule has 82 valence electrons. The molecule has 0 N–H and O–H groups in total. The van der Waals surface area contributed by atoms with Crippen LogP contribution in [0.1, 0.15) is 11.1 Å². The Balaban J connectivity index is 3.51. The van der Waals surface area contributed by atoms with Crippen LogP contribution < -0.4 is 9.47 Å². The van der Waals surface area contributed by atoms with Gasteiger partial charge in [0.05, 0.1) is 25.2 Å². The van der Waals surface area contributed by atoms with Gasteiger partial charge in [-0.05, 0) is 19.4 Å². The summed E-state index contributed by atoms with van der Waals surface area (Å²) in [6.07, 6.45) is 0. The number of rotatable bonds is 3. The van der Waals surface area contributed by atoms with Crippen LogP contribution in [0.15, 0.2) is 6.07 Å². The van der Waals surface area contributed by atoms with Crippen LogP contribution >= 0.6 is 0 Å². The van der Waals surface area contributed by atoms with Crippen molar-refractivity contribution in [2.75, 3.05) is 14.2 Å². The Kier molecular flexibility index (Phi) is 3.14. The van der Waals surface area contributed by atoms with E-state index in [4.69, 9.17) is 9.47 Å². The third kappa shape index (κ3) is 1.86. The summed E-state index contributed by atoms with van der Waals surface area (Å²) in [5.41, 5.74) is 1.50. The van der Waals surface area contributed by atoms with E-state index in [2.05, 4.69) is 0 Å². The largest absolute Gasteiger partial charge is 0.496 e. The molecule has 15 heavy (non-hydrogen) atoms. The smallest absolute Gasteiger partial charge is 0.314 e. The second-order valence-corrected chi connectivity index (χ2v) is 3.14. The van der Waals surface area contributed by atoms with E-state index in [9.17, 15) is 10.1 Å². The molecule has 0 spiro atoms. The van der Waals surface area contributed by atoms with E-state index in [-0.39, 0.29) is 5.69 Å². The molecule has 0 atom stereocenters. The van der Waals surface area contributed by atoms with E-state index in [0.29, 0.717) is 11.5 Å². The van der Waals surface area contributed by atoms with Gasteiger partial charge in [-0.2, -0.15) is 0 Å². The summed E-state index contributed by atoms with van der Waals surface area (Å²) in [5.74, 6) is 0.790. The zero-order chi connectivity index (χ0) is 11.6. The zero-order valence-electron chi connectivity index (χ0n) is 9.16. The van der Waals surface area contributed by atoms with Crippen molar-refractivity contribution in [3.63, 3.8) is 0 Å². The van der Waals surface area contributed by atoms with Gasteiger partial charge in [-0.15, -0.1) is 0 Å². The highest BCUT2D eigenvalue weighted by Gasteiger charge is 2.21. The molecule has 0 saturated carbocycles. The number of nitro benzene ring substituents is 1. The molecule has 0 saturated heterocycles. The molecule has 0 aliphatic rings. The Hall–Kier alpha value is -1.78. The summed E-state index contributed by atoms with van der Waals surface area (Å²) in [4.78, 5) is 10.3. The van der Waals surface area contributed by atoms with E-state index in [1.165, 1.54) is 20.3 Å². The van der Waals surface area contributed by atoms with E-state index >= 15 is 0 Å². The van der Waals surface area contributed by atoms with Crippen LogP contribution in [-0.4, -0.2) is 19.1 Å². The monoisotopic (exact) mass is 211 g/mol. The molecule has 1 rings (SSSR count). The van der Waals surface area contributed by atoms with Crippen LogP contribution in [0.3, 0.4) is 0 Å². The minimum absolute atomic E-state index is 0.0718. The predicted octanol–water partition coefficient (Wildman–Crippen LogP) is 2.23. The molecule has 0 aliphatic carbocycles. The lowest BCUT2D eigenvalue weighted by atomic mass is 10.1. The molecule has 0 aromatic heterocycles. The Bertz CT molecular complexity index is 401. The quantitative estimate of drug-likeness (QED) is 0.568. The highest BCUT2D eigenvalue weighted by molar-refractivity contribution is 5.60. The molecule has 0 amide bonds. The Labute approximate surface area is 87.8 Å². The van der Waals surface area contributed by atoms with Gasteiger partial charge in [-0.1, -0.05) is 0 Å². The highest BCUT2D eigenvalue weighted by Crippen LogP contribution is 2.37. The van der Waals surface area contributed by atoms with Gasteiger partial charge < -0.3 is 9.47 Å². The average molecular weight is 211 g/mol. The fourth-order valence-electron chi connectivity index (χ4n) is 1.45. The number of ether oxygens (including phenoxy) is 2. The first kappa shape index (κ1) is 11.3. The third-order valence-electron chi connectivity index (χ3n) is 2.39. The molecule has 0 heterocycles. The van der Waals surface area contributed by atoms with Crippen molar-refractivity contribution in [1.29, 1.82) is 0 Å². The molecule has 1 aromatic carbocycles. The maximum absolute atomic E-state index is 10.8. The van der Waals surface area contributed by atoms with Crippen molar-refractivity contribution in [3.05, 3.63) is 27.3 Å². The molecule has 0 radical (unpaired) electrons. The molecule has 0 unspecified atom stereocenters. The fourth-order valence-corrected chi connectivity index (χ4v) is 1.45. The minimum Gasteiger partial charge on any atom is -0.496 e. The van der Waals surface area contributed by atoms with Crippen LogP contribution in [-0.2, 0) is 0 Å². The first-order valence-electron chi connectivity index (χ1n) is 4.39. The van der Waals surface area contributed by atoms with Gasteiger partial charge in [0.1, 0.15) is 5.75 Å². The van der Waals surface area contributed by atoms with Gasteiger partial charge in [-0.3, -0.25) is 10.1 Å². The Morgan fingerprint density at radius 1 is 1.20 bits per heavy atom. The van der Waals surface area contributed by atoms with Gasteiger partial charge in [0.25, 0.3) is 0 Å². The Morgan fingerprint density at radius 2 is 1.80 bits per heavy atom.